The number of nitrogens with zero attached hydrogens (tertiary/aromatic N) is 1. The predicted molar refractivity (Wildman–Crippen MR) is 68.4 cm³/mol. The zero-order chi connectivity index (χ0) is 13.7. The molecule has 1 saturated carbocycles. The maximum atomic E-state index is 11.7. The van der Waals surface area contributed by atoms with Crippen molar-refractivity contribution in [2.75, 3.05) is 13.7 Å². The van der Waals surface area contributed by atoms with E-state index in [0.717, 1.165) is 25.7 Å². The largest absolute Gasteiger partial charge is 0.469 e. The maximum absolute atomic E-state index is 11.7. The molecule has 0 saturated heterocycles. The van der Waals surface area contributed by atoms with E-state index in [1.165, 1.54) is 7.11 Å². The summed E-state index contributed by atoms with van der Waals surface area (Å²) >= 11 is 0. The SMILES string of the molecule is COC(=O)C1CCC(CNC(=O)c2ncc[nH]2)CC1. The minimum Gasteiger partial charge on any atom is -0.469 e. The summed E-state index contributed by atoms with van der Waals surface area (Å²) < 4.78 is 4.75. The Morgan fingerprint density at radius 3 is 2.74 bits per heavy atom. The van der Waals surface area contributed by atoms with Crippen LogP contribution in [0.2, 0.25) is 0 Å². The van der Waals surface area contributed by atoms with Crippen LogP contribution in [-0.4, -0.2) is 35.5 Å². The number of hydrogen-bond acceptors (Lipinski definition) is 4. The molecule has 1 fully saturated rings. The molecule has 0 unspecified atom stereocenters. The lowest BCUT2D eigenvalue weighted by atomic mass is 9.82. The van der Waals surface area contributed by atoms with Crippen LogP contribution < -0.4 is 5.32 Å². The molecule has 6 nitrogen and oxygen atoms in total. The molecule has 1 aliphatic rings. The van der Waals surface area contributed by atoms with Crippen molar-refractivity contribution in [2.45, 2.75) is 25.7 Å². The first-order chi connectivity index (χ1) is 9.20. The topological polar surface area (TPSA) is 84.1 Å². The molecule has 0 atom stereocenters. The highest BCUT2D eigenvalue weighted by atomic mass is 16.5. The van der Waals surface area contributed by atoms with E-state index in [4.69, 9.17) is 4.74 Å². The highest BCUT2D eigenvalue weighted by Crippen LogP contribution is 2.29. The van der Waals surface area contributed by atoms with Crippen molar-refractivity contribution >= 4 is 11.9 Å². The first kappa shape index (κ1) is 13.6. The van der Waals surface area contributed by atoms with Crippen LogP contribution in [0.4, 0.5) is 0 Å². The number of ether oxygens (including phenoxy) is 1. The molecule has 19 heavy (non-hydrogen) atoms. The van der Waals surface area contributed by atoms with Crippen molar-refractivity contribution in [1.29, 1.82) is 0 Å². The number of hydrogen-bond donors (Lipinski definition) is 2. The minimum atomic E-state index is -0.180. The number of esters is 1. The van der Waals surface area contributed by atoms with Crippen LogP contribution in [0.25, 0.3) is 0 Å². The lowest BCUT2D eigenvalue weighted by Gasteiger charge is -2.26. The number of aromatic amines is 1. The van der Waals surface area contributed by atoms with E-state index >= 15 is 0 Å². The van der Waals surface area contributed by atoms with E-state index in [0.29, 0.717) is 18.3 Å². The fourth-order valence-electron chi connectivity index (χ4n) is 2.48. The van der Waals surface area contributed by atoms with Gasteiger partial charge in [-0.15, -0.1) is 0 Å². The lowest BCUT2D eigenvalue weighted by Crippen LogP contribution is -2.33. The molecule has 0 aliphatic heterocycles. The maximum Gasteiger partial charge on any atom is 0.308 e. The van der Waals surface area contributed by atoms with Gasteiger partial charge in [-0.1, -0.05) is 0 Å². The smallest absolute Gasteiger partial charge is 0.308 e. The van der Waals surface area contributed by atoms with Gasteiger partial charge in [-0.25, -0.2) is 4.98 Å². The molecule has 104 valence electrons. The van der Waals surface area contributed by atoms with Crippen LogP contribution in [0.15, 0.2) is 12.4 Å². The van der Waals surface area contributed by atoms with Crippen LogP contribution in [0.3, 0.4) is 0 Å². The second-order valence-corrected chi connectivity index (χ2v) is 4.89. The molecule has 1 amide bonds. The second kappa shape index (κ2) is 6.36. The highest BCUT2D eigenvalue weighted by molar-refractivity contribution is 5.90. The molecule has 0 radical (unpaired) electrons. The zero-order valence-electron chi connectivity index (χ0n) is 11.0. The number of imidazole rings is 1. The number of H-pyrrole nitrogens is 1. The predicted octanol–water partition coefficient (Wildman–Crippen LogP) is 1.12. The van der Waals surface area contributed by atoms with Crippen molar-refractivity contribution in [3.05, 3.63) is 18.2 Å². The second-order valence-electron chi connectivity index (χ2n) is 4.89. The summed E-state index contributed by atoms with van der Waals surface area (Å²) in [6, 6.07) is 0. The van der Waals surface area contributed by atoms with Crippen molar-refractivity contribution in [1.82, 2.24) is 15.3 Å². The Kier molecular flexibility index (Phi) is 4.54. The van der Waals surface area contributed by atoms with E-state index in [2.05, 4.69) is 15.3 Å². The first-order valence-corrected chi connectivity index (χ1v) is 6.56. The van der Waals surface area contributed by atoms with E-state index in [9.17, 15) is 9.59 Å². The summed E-state index contributed by atoms with van der Waals surface area (Å²) in [6.07, 6.45) is 6.74. The monoisotopic (exact) mass is 265 g/mol. The summed E-state index contributed by atoms with van der Waals surface area (Å²) in [6.45, 7) is 0.632. The molecule has 2 rings (SSSR count). The van der Waals surface area contributed by atoms with Crippen LogP contribution in [0, 0.1) is 11.8 Å². The molecular formula is C13H19N3O3. The number of methoxy groups -OCH3 is 1. The van der Waals surface area contributed by atoms with Crippen LogP contribution in [0.1, 0.15) is 36.3 Å². The quantitative estimate of drug-likeness (QED) is 0.799. The molecule has 1 aromatic rings. The molecule has 6 heteroatoms. The molecular weight excluding hydrogens is 246 g/mol. The average molecular weight is 265 g/mol. The number of rotatable bonds is 4. The van der Waals surface area contributed by atoms with Gasteiger partial charge in [-0.2, -0.15) is 0 Å². The van der Waals surface area contributed by atoms with E-state index in [-0.39, 0.29) is 17.8 Å². The highest BCUT2D eigenvalue weighted by Gasteiger charge is 2.27. The van der Waals surface area contributed by atoms with Crippen molar-refractivity contribution in [3.63, 3.8) is 0 Å². The number of carbonyl (C=O) groups is 2. The zero-order valence-corrected chi connectivity index (χ0v) is 11.0. The van der Waals surface area contributed by atoms with Gasteiger partial charge < -0.3 is 15.0 Å². The van der Waals surface area contributed by atoms with Gasteiger partial charge in [-0.3, -0.25) is 9.59 Å². The minimum absolute atomic E-state index is 0.0297. The Balaban J connectivity index is 1.71. The Labute approximate surface area is 111 Å². The Bertz CT molecular complexity index is 422. The lowest BCUT2D eigenvalue weighted by molar-refractivity contribution is -0.146. The summed E-state index contributed by atoms with van der Waals surface area (Å²) in [5, 5.41) is 2.86. The van der Waals surface area contributed by atoms with Gasteiger partial charge in [0.2, 0.25) is 0 Å². The van der Waals surface area contributed by atoms with Gasteiger partial charge in [0.1, 0.15) is 0 Å². The third-order valence-electron chi connectivity index (χ3n) is 3.65. The Morgan fingerprint density at radius 1 is 1.42 bits per heavy atom. The van der Waals surface area contributed by atoms with Crippen molar-refractivity contribution in [2.24, 2.45) is 11.8 Å². The number of aromatic nitrogens is 2. The number of carbonyl (C=O) groups excluding carboxylic acids is 2. The number of nitrogens with one attached hydrogen (secondary N) is 2. The van der Waals surface area contributed by atoms with Gasteiger partial charge in [0.05, 0.1) is 13.0 Å². The van der Waals surface area contributed by atoms with Gasteiger partial charge in [0.25, 0.3) is 5.91 Å². The molecule has 1 heterocycles. The van der Waals surface area contributed by atoms with Crippen molar-refractivity contribution in [3.8, 4) is 0 Å². The summed E-state index contributed by atoms with van der Waals surface area (Å²) in [5.41, 5.74) is 0. The molecule has 1 aliphatic carbocycles. The van der Waals surface area contributed by atoms with Crippen LogP contribution in [-0.2, 0) is 9.53 Å². The van der Waals surface area contributed by atoms with Crippen LogP contribution in [0.5, 0.6) is 0 Å². The van der Waals surface area contributed by atoms with Gasteiger partial charge in [0, 0.05) is 18.9 Å². The van der Waals surface area contributed by atoms with Crippen molar-refractivity contribution < 1.29 is 14.3 Å². The van der Waals surface area contributed by atoms with E-state index in [1.807, 2.05) is 0 Å². The standard InChI is InChI=1S/C13H19N3O3/c1-19-13(18)10-4-2-9(3-5-10)8-16-12(17)11-14-6-7-15-11/h6-7,9-10H,2-5,8H2,1H3,(H,14,15)(H,16,17). The van der Waals surface area contributed by atoms with E-state index in [1.54, 1.807) is 12.4 Å². The fourth-order valence-corrected chi connectivity index (χ4v) is 2.48. The normalized spacial score (nSPS) is 22.8. The van der Waals surface area contributed by atoms with Crippen LogP contribution >= 0.6 is 0 Å². The van der Waals surface area contributed by atoms with Gasteiger partial charge >= 0.3 is 5.97 Å². The molecule has 2 N–H and O–H groups in total. The fraction of sp³-hybridized carbons (Fsp3) is 0.615. The van der Waals surface area contributed by atoms with Gasteiger partial charge in [-0.05, 0) is 31.6 Å². The average Bonchev–Trinajstić information content (AvgIpc) is 2.98. The summed E-state index contributed by atoms with van der Waals surface area (Å²) in [7, 11) is 1.43. The summed E-state index contributed by atoms with van der Waals surface area (Å²) in [5.74, 6) is 0.503. The van der Waals surface area contributed by atoms with Gasteiger partial charge in [0.15, 0.2) is 5.82 Å². The van der Waals surface area contributed by atoms with E-state index < -0.39 is 0 Å². The third-order valence-corrected chi connectivity index (χ3v) is 3.65. The number of amides is 1. The molecule has 0 bridgehead atoms. The molecule has 0 aromatic carbocycles. The summed E-state index contributed by atoms with van der Waals surface area (Å²) in [4.78, 5) is 29.7. The Morgan fingerprint density at radius 2 is 2.16 bits per heavy atom. The third kappa shape index (κ3) is 3.56. The first-order valence-electron chi connectivity index (χ1n) is 6.56. The molecule has 0 spiro atoms. The Hall–Kier alpha value is -1.85. The molecule has 1 aromatic heterocycles.